The van der Waals surface area contributed by atoms with Crippen molar-refractivity contribution < 1.29 is 14.6 Å². The Balaban J connectivity index is 2.22. The first-order valence-corrected chi connectivity index (χ1v) is 8.58. The minimum atomic E-state index is -0.929. The zero-order valence-electron chi connectivity index (χ0n) is 15.6. The lowest BCUT2D eigenvalue weighted by molar-refractivity contribution is -0.0193. The molecule has 1 heterocycles. The zero-order chi connectivity index (χ0) is 18.6. The molecule has 0 amide bonds. The normalized spacial score (nSPS) is 13.0. The minimum absolute atomic E-state index is 0.0568. The molecule has 0 fully saturated rings. The van der Waals surface area contributed by atoms with Crippen LogP contribution < -0.4 is 0 Å². The van der Waals surface area contributed by atoms with Crippen LogP contribution in [0.1, 0.15) is 56.8 Å². The lowest BCUT2D eigenvalue weighted by Gasteiger charge is -2.26. The van der Waals surface area contributed by atoms with Crippen molar-refractivity contribution >= 4 is 5.97 Å². The second-order valence-electron chi connectivity index (χ2n) is 7.89. The van der Waals surface area contributed by atoms with Gasteiger partial charge in [0.25, 0.3) is 0 Å². The van der Waals surface area contributed by atoms with E-state index in [1.165, 1.54) is 0 Å². The van der Waals surface area contributed by atoms with Crippen LogP contribution in [-0.4, -0.2) is 22.7 Å². The number of aromatic nitrogens is 1. The van der Waals surface area contributed by atoms with Crippen LogP contribution in [0.15, 0.2) is 42.6 Å². The van der Waals surface area contributed by atoms with E-state index in [1.807, 2.05) is 18.2 Å². The summed E-state index contributed by atoms with van der Waals surface area (Å²) in [6.45, 7) is 11.4. The lowest BCUT2D eigenvalue weighted by atomic mass is 9.97. The second kappa shape index (κ2) is 7.79. The van der Waals surface area contributed by atoms with E-state index in [1.54, 1.807) is 24.4 Å². The minimum Gasteiger partial charge on any atom is -0.478 e. The third-order valence-corrected chi connectivity index (χ3v) is 3.82. The van der Waals surface area contributed by atoms with Crippen LogP contribution in [0.2, 0.25) is 0 Å². The van der Waals surface area contributed by atoms with Gasteiger partial charge in [0.05, 0.1) is 17.9 Å². The number of nitrogens with zero attached hydrogens (tertiary/aromatic N) is 1. The Morgan fingerprint density at radius 2 is 1.88 bits per heavy atom. The number of benzene rings is 1. The van der Waals surface area contributed by atoms with E-state index >= 15 is 0 Å². The molecule has 25 heavy (non-hydrogen) atoms. The van der Waals surface area contributed by atoms with Gasteiger partial charge in [-0.1, -0.05) is 52.8 Å². The van der Waals surface area contributed by atoms with Gasteiger partial charge in [0.15, 0.2) is 0 Å². The molecule has 1 aromatic heterocycles. The van der Waals surface area contributed by atoms with E-state index in [4.69, 9.17) is 9.84 Å². The molecule has 0 aliphatic heterocycles. The van der Waals surface area contributed by atoms with E-state index in [9.17, 15) is 4.79 Å². The third-order valence-electron chi connectivity index (χ3n) is 3.82. The summed E-state index contributed by atoms with van der Waals surface area (Å²) in [6, 6.07) is 10.8. The predicted octanol–water partition coefficient (Wildman–Crippen LogP) is 5.21. The van der Waals surface area contributed by atoms with Crippen molar-refractivity contribution in [3.05, 3.63) is 53.9 Å². The van der Waals surface area contributed by atoms with Crippen LogP contribution >= 0.6 is 0 Å². The van der Waals surface area contributed by atoms with Gasteiger partial charge in [0, 0.05) is 11.8 Å². The summed E-state index contributed by atoms with van der Waals surface area (Å²) in [6.07, 6.45) is 1.73. The molecular weight excluding hydrogens is 314 g/mol. The first-order valence-electron chi connectivity index (χ1n) is 8.58. The number of aromatic carboxylic acids is 1. The van der Waals surface area contributed by atoms with Gasteiger partial charge < -0.3 is 9.84 Å². The summed E-state index contributed by atoms with van der Waals surface area (Å²) in [5, 5.41) is 9.13. The van der Waals surface area contributed by atoms with Crippen LogP contribution in [-0.2, 0) is 4.74 Å². The monoisotopic (exact) mass is 341 g/mol. The third kappa shape index (κ3) is 5.40. The fourth-order valence-corrected chi connectivity index (χ4v) is 2.54. The van der Waals surface area contributed by atoms with Crippen LogP contribution in [0.4, 0.5) is 0 Å². The van der Waals surface area contributed by atoms with Crippen LogP contribution in [0.5, 0.6) is 0 Å². The highest BCUT2D eigenvalue weighted by Crippen LogP contribution is 2.29. The summed E-state index contributed by atoms with van der Waals surface area (Å²) in [5.74, 6) is -0.613. The SMILES string of the molecule is CC(C)[C@@H](OCC(C)(C)C)c1ccc(-c2cccc(C(=O)O)c2)cn1. The van der Waals surface area contributed by atoms with Crippen molar-refractivity contribution in [1.82, 2.24) is 4.98 Å². The number of pyridine rings is 1. The second-order valence-corrected chi connectivity index (χ2v) is 7.89. The van der Waals surface area contributed by atoms with Crippen molar-refractivity contribution in [1.29, 1.82) is 0 Å². The number of carboxylic acid groups (broad SMARTS) is 1. The summed E-state index contributed by atoms with van der Waals surface area (Å²) in [5.41, 5.74) is 3.01. The Morgan fingerprint density at radius 1 is 1.16 bits per heavy atom. The van der Waals surface area contributed by atoms with E-state index in [0.717, 1.165) is 16.8 Å². The molecule has 2 rings (SSSR count). The predicted molar refractivity (Wildman–Crippen MR) is 99.6 cm³/mol. The number of ether oxygens (including phenoxy) is 1. The highest BCUT2D eigenvalue weighted by molar-refractivity contribution is 5.89. The molecule has 0 radical (unpaired) electrons. The maximum Gasteiger partial charge on any atom is 0.335 e. The average molecular weight is 341 g/mol. The van der Waals surface area contributed by atoms with Crippen molar-refractivity contribution in [3.8, 4) is 11.1 Å². The fraction of sp³-hybridized carbons (Fsp3) is 0.429. The molecule has 0 saturated heterocycles. The van der Waals surface area contributed by atoms with Gasteiger partial charge in [-0.15, -0.1) is 0 Å². The fourth-order valence-electron chi connectivity index (χ4n) is 2.54. The van der Waals surface area contributed by atoms with Gasteiger partial charge in [0.1, 0.15) is 6.10 Å². The summed E-state index contributed by atoms with van der Waals surface area (Å²) in [4.78, 5) is 15.7. The van der Waals surface area contributed by atoms with Gasteiger partial charge in [0.2, 0.25) is 0 Å². The maximum atomic E-state index is 11.1. The van der Waals surface area contributed by atoms with Crippen molar-refractivity contribution in [2.24, 2.45) is 11.3 Å². The largest absolute Gasteiger partial charge is 0.478 e. The number of rotatable bonds is 6. The zero-order valence-corrected chi connectivity index (χ0v) is 15.6. The van der Waals surface area contributed by atoms with E-state index in [2.05, 4.69) is 39.6 Å². The highest BCUT2D eigenvalue weighted by atomic mass is 16.5. The summed E-state index contributed by atoms with van der Waals surface area (Å²) < 4.78 is 6.11. The number of hydrogen-bond acceptors (Lipinski definition) is 3. The molecular formula is C21H27NO3. The molecule has 0 unspecified atom stereocenters. The van der Waals surface area contributed by atoms with Crippen molar-refractivity contribution in [2.45, 2.75) is 40.7 Å². The molecule has 1 atom stereocenters. The Labute approximate surface area is 149 Å². The first-order chi connectivity index (χ1) is 11.7. The Morgan fingerprint density at radius 3 is 2.40 bits per heavy atom. The first kappa shape index (κ1) is 19.1. The highest BCUT2D eigenvalue weighted by Gasteiger charge is 2.21. The van der Waals surface area contributed by atoms with Crippen LogP contribution in [0.3, 0.4) is 0 Å². The maximum absolute atomic E-state index is 11.1. The molecule has 134 valence electrons. The van der Waals surface area contributed by atoms with Crippen LogP contribution in [0.25, 0.3) is 11.1 Å². The van der Waals surface area contributed by atoms with Gasteiger partial charge in [-0.05, 0) is 35.1 Å². The van der Waals surface area contributed by atoms with E-state index in [-0.39, 0.29) is 17.1 Å². The number of carbonyl (C=O) groups is 1. The molecule has 0 aliphatic carbocycles. The Hall–Kier alpha value is -2.20. The molecule has 4 nitrogen and oxygen atoms in total. The molecule has 0 saturated carbocycles. The molecule has 0 spiro atoms. The van der Waals surface area contributed by atoms with Crippen LogP contribution in [0, 0.1) is 11.3 Å². The molecule has 0 bridgehead atoms. The van der Waals surface area contributed by atoms with E-state index in [0.29, 0.717) is 12.5 Å². The standard InChI is InChI=1S/C21H27NO3/c1-14(2)19(25-13-21(3,4)5)18-10-9-17(12-22-18)15-7-6-8-16(11-15)20(23)24/h6-12,14,19H,13H2,1-5H3,(H,23,24)/t19-/m1/s1. The van der Waals surface area contributed by atoms with Gasteiger partial charge in [-0.2, -0.15) is 0 Å². The van der Waals surface area contributed by atoms with Gasteiger partial charge >= 0.3 is 5.97 Å². The summed E-state index contributed by atoms with van der Waals surface area (Å²) in [7, 11) is 0. The van der Waals surface area contributed by atoms with Gasteiger partial charge in [-0.3, -0.25) is 4.98 Å². The quantitative estimate of drug-likeness (QED) is 0.784. The topological polar surface area (TPSA) is 59.4 Å². The molecule has 2 aromatic rings. The number of carboxylic acids is 1. The number of hydrogen-bond donors (Lipinski definition) is 1. The molecule has 4 heteroatoms. The summed E-state index contributed by atoms with van der Waals surface area (Å²) >= 11 is 0. The molecule has 1 aromatic carbocycles. The van der Waals surface area contributed by atoms with Gasteiger partial charge in [-0.25, -0.2) is 4.79 Å². The Bertz CT molecular complexity index is 715. The lowest BCUT2D eigenvalue weighted by Crippen LogP contribution is -2.20. The Kier molecular flexibility index (Phi) is 5.96. The van der Waals surface area contributed by atoms with Crippen molar-refractivity contribution in [2.75, 3.05) is 6.61 Å². The average Bonchev–Trinajstić information content (AvgIpc) is 2.54. The molecule has 0 aliphatic rings. The van der Waals surface area contributed by atoms with E-state index < -0.39 is 5.97 Å². The van der Waals surface area contributed by atoms with Crippen molar-refractivity contribution in [3.63, 3.8) is 0 Å². The molecule has 1 N–H and O–H groups in total. The smallest absolute Gasteiger partial charge is 0.335 e.